The number of nitrogens with one attached hydrogen (secondary N) is 1. The molecule has 5 heteroatoms. The molecule has 1 N–H and O–H groups in total. The van der Waals surface area contributed by atoms with Crippen LogP contribution in [-0.4, -0.2) is 16.0 Å². The Balaban J connectivity index is 1.46. The second kappa shape index (κ2) is 8.66. The molecule has 122 valence electrons. The molecule has 0 unspecified atom stereocenters. The van der Waals surface area contributed by atoms with Crippen molar-refractivity contribution >= 4 is 34.3 Å². The number of nitrogens with zero attached hydrogens (tertiary/aromatic N) is 2. The number of rotatable bonds is 7. The van der Waals surface area contributed by atoms with E-state index in [1.807, 2.05) is 18.2 Å². The van der Waals surface area contributed by atoms with Crippen LogP contribution in [0.2, 0.25) is 0 Å². The van der Waals surface area contributed by atoms with Crippen molar-refractivity contribution in [2.45, 2.75) is 17.8 Å². The molecule has 0 atom stereocenters. The summed E-state index contributed by atoms with van der Waals surface area (Å²) in [5.74, 6) is 0.890. The Morgan fingerprint density at radius 1 is 1.08 bits per heavy atom. The molecule has 0 aliphatic heterocycles. The highest BCUT2D eigenvalue weighted by Gasteiger charge is 2.03. The van der Waals surface area contributed by atoms with Crippen LogP contribution in [-0.2, 0) is 6.54 Å². The van der Waals surface area contributed by atoms with Gasteiger partial charge >= 0.3 is 0 Å². The summed E-state index contributed by atoms with van der Waals surface area (Å²) in [6.07, 6.45) is 4.28. The highest BCUT2D eigenvalue weighted by molar-refractivity contribution is 8.01. The minimum atomic E-state index is 0.773. The third kappa shape index (κ3) is 5.22. The average Bonchev–Trinajstić information content (AvgIpc) is 3.06. The molecule has 0 aliphatic carbocycles. The van der Waals surface area contributed by atoms with E-state index in [1.165, 1.54) is 16.7 Å². The van der Waals surface area contributed by atoms with Crippen LogP contribution >= 0.6 is 23.1 Å². The molecule has 0 amide bonds. The van der Waals surface area contributed by atoms with Crippen LogP contribution in [0.4, 0.5) is 5.13 Å². The molecule has 0 fully saturated rings. The Morgan fingerprint density at radius 3 is 2.79 bits per heavy atom. The molecule has 1 heterocycles. The van der Waals surface area contributed by atoms with Crippen molar-refractivity contribution in [1.29, 1.82) is 0 Å². The Kier molecular flexibility index (Phi) is 6.04. The van der Waals surface area contributed by atoms with E-state index in [0.717, 1.165) is 21.8 Å². The van der Waals surface area contributed by atoms with E-state index in [9.17, 15) is 0 Å². The zero-order valence-corrected chi connectivity index (χ0v) is 15.1. The number of benzene rings is 2. The first-order valence-corrected chi connectivity index (χ1v) is 9.57. The van der Waals surface area contributed by atoms with Crippen molar-refractivity contribution in [2.75, 3.05) is 11.1 Å². The van der Waals surface area contributed by atoms with Gasteiger partial charge in [0, 0.05) is 12.3 Å². The predicted molar refractivity (Wildman–Crippen MR) is 105 cm³/mol. The second-order valence-corrected chi connectivity index (χ2v) is 7.58. The van der Waals surface area contributed by atoms with Crippen LogP contribution in [0.15, 0.2) is 65.0 Å². The summed E-state index contributed by atoms with van der Waals surface area (Å²) in [6, 6.07) is 18.8. The number of hydrogen-bond acceptors (Lipinski definition) is 5. The van der Waals surface area contributed by atoms with Gasteiger partial charge in [-0.05, 0) is 18.1 Å². The lowest BCUT2D eigenvalue weighted by Gasteiger charge is -2.02. The Hall–Kier alpha value is -2.11. The van der Waals surface area contributed by atoms with Gasteiger partial charge in [0.2, 0.25) is 5.13 Å². The molecule has 0 saturated carbocycles. The maximum atomic E-state index is 4.23. The lowest BCUT2D eigenvalue weighted by molar-refractivity contribution is 0.996. The maximum absolute atomic E-state index is 4.23. The van der Waals surface area contributed by atoms with Crippen molar-refractivity contribution in [3.05, 3.63) is 77.4 Å². The monoisotopic (exact) mass is 353 g/mol. The normalized spacial score (nSPS) is 11.0. The number of anilines is 1. The van der Waals surface area contributed by atoms with Crippen LogP contribution in [0.5, 0.6) is 0 Å². The molecule has 2 aromatic carbocycles. The fourth-order valence-corrected chi connectivity index (χ4v) is 3.79. The fraction of sp³-hybridized carbons (Fsp3) is 0.158. The molecular weight excluding hydrogens is 334 g/mol. The van der Waals surface area contributed by atoms with Crippen LogP contribution < -0.4 is 5.32 Å². The first-order valence-electron chi connectivity index (χ1n) is 7.77. The van der Waals surface area contributed by atoms with Gasteiger partial charge in [-0.2, -0.15) is 0 Å². The van der Waals surface area contributed by atoms with E-state index in [2.05, 4.69) is 71.0 Å². The second-order valence-electron chi connectivity index (χ2n) is 5.34. The van der Waals surface area contributed by atoms with E-state index >= 15 is 0 Å². The summed E-state index contributed by atoms with van der Waals surface area (Å²) < 4.78 is 0.986. The molecule has 3 nitrogen and oxygen atoms in total. The van der Waals surface area contributed by atoms with Crippen molar-refractivity contribution in [3.8, 4) is 0 Å². The number of hydrogen-bond donors (Lipinski definition) is 1. The van der Waals surface area contributed by atoms with Crippen molar-refractivity contribution in [3.63, 3.8) is 0 Å². The van der Waals surface area contributed by atoms with Gasteiger partial charge in [-0.3, -0.25) is 0 Å². The molecular formula is C19H19N3S2. The predicted octanol–water partition coefficient (Wildman–Crippen LogP) is 5.26. The van der Waals surface area contributed by atoms with Gasteiger partial charge < -0.3 is 5.32 Å². The van der Waals surface area contributed by atoms with Crippen molar-refractivity contribution < 1.29 is 0 Å². The smallest absolute Gasteiger partial charge is 0.206 e. The molecule has 0 bridgehead atoms. The van der Waals surface area contributed by atoms with Gasteiger partial charge in [-0.15, -0.1) is 10.2 Å². The van der Waals surface area contributed by atoms with E-state index in [0.29, 0.717) is 0 Å². The van der Waals surface area contributed by atoms with E-state index in [1.54, 1.807) is 23.1 Å². The standard InChI is InChI=1S/C19H19N3S2/c1-15-7-5-10-17(13-15)14-20-18-21-22-19(24-18)23-12-6-11-16-8-3-2-4-9-16/h2-11,13H,12,14H2,1H3,(H,20,21)/b11-6+. The third-order valence-corrected chi connectivity index (χ3v) is 5.31. The zero-order valence-electron chi connectivity index (χ0n) is 13.5. The molecule has 3 rings (SSSR count). The van der Waals surface area contributed by atoms with Crippen LogP contribution in [0.25, 0.3) is 6.08 Å². The summed E-state index contributed by atoms with van der Waals surface area (Å²) in [4.78, 5) is 0. The average molecular weight is 354 g/mol. The quantitative estimate of drug-likeness (QED) is 0.588. The first-order chi connectivity index (χ1) is 11.8. The van der Waals surface area contributed by atoms with Gasteiger partial charge in [0.25, 0.3) is 0 Å². The maximum Gasteiger partial charge on any atom is 0.206 e. The van der Waals surface area contributed by atoms with Crippen LogP contribution in [0.1, 0.15) is 16.7 Å². The Labute approximate surface area is 150 Å². The SMILES string of the molecule is Cc1cccc(CNc2nnc(SC/C=C/c3ccccc3)s2)c1. The van der Waals surface area contributed by atoms with Crippen molar-refractivity contribution in [2.24, 2.45) is 0 Å². The summed E-state index contributed by atoms with van der Waals surface area (Å²) in [5.41, 5.74) is 3.74. The molecule has 0 aliphatic rings. The summed E-state index contributed by atoms with van der Waals surface area (Å²) in [6.45, 7) is 2.88. The van der Waals surface area contributed by atoms with E-state index in [4.69, 9.17) is 0 Å². The van der Waals surface area contributed by atoms with E-state index < -0.39 is 0 Å². The van der Waals surface area contributed by atoms with Gasteiger partial charge in [-0.1, -0.05) is 95.4 Å². The minimum absolute atomic E-state index is 0.773. The van der Waals surface area contributed by atoms with Crippen LogP contribution in [0.3, 0.4) is 0 Å². The van der Waals surface area contributed by atoms with Crippen molar-refractivity contribution in [1.82, 2.24) is 10.2 Å². The highest BCUT2D eigenvalue weighted by Crippen LogP contribution is 2.26. The summed E-state index contributed by atoms with van der Waals surface area (Å²) in [5, 5.41) is 12.6. The summed E-state index contributed by atoms with van der Waals surface area (Å²) >= 11 is 3.30. The molecule has 1 aromatic heterocycles. The number of aromatic nitrogens is 2. The molecule has 0 saturated heterocycles. The summed E-state index contributed by atoms with van der Waals surface area (Å²) in [7, 11) is 0. The zero-order chi connectivity index (χ0) is 16.6. The van der Waals surface area contributed by atoms with Crippen LogP contribution in [0, 0.1) is 6.92 Å². The van der Waals surface area contributed by atoms with Gasteiger partial charge in [0.15, 0.2) is 4.34 Å². The molecule has 0 radical (unpaired) electrons. The highest BCUT2D eigenvalue weighted by atomic mass is 32.2. The molecule has 0 spiro atoms. The van der Waals surface area contributed by atoms with Gasteiger partial charge in [-0.25, -0.2) is 0 Å². The fourth-order valence-electron chi connectivity index (χ4n) is 2.21. The lowest BCUT2D eigenvalue weighted by atomic mass is 10.1. The Bertz CT molecular complexity index is 797. The number of aryl methyl sites for hydroxylation is 1. The lowest BCUT2D eigenvalue weighted by Crippen LogP contribution is -1.98. The topological polar surface area (TPSA) is 37.8 Å². The molecule has 24 heavy (non-hydrogen) atoms. The first kappa shape index (κ1) is 16.7. The van der Waals surface area contributed by atoms with Gasteiger partial charge in [0.1, 0.15) is 0 Å². The van der Waals surface area contributed by atoms with E-state index in [-0.39, 0.29) is 0 Å². The minimum Gasteiger partial charge on any atom is -0.356 e. The Morgan fingerprint density at radius 2 is 1.96 bits per heavy atom. The third-order valence-electron chi connectivity index (χ3n) is 3.35. The molecule has 3 aromatic rings. The van der Waals surface area contributed by atoms with Gasteiger partial charge in [0.05, 0.1) is 0 Å². The largest absolute Gasteiger partial charge is 0.356 e. The number of thioether (sulfide) groups is 1.